The van der Waals surface area contributed by atoms with Crippen molar-refractivity contribution in [1.82, 2.24) is 9.97 Å². The Labute approximate surface area is 165 Å². The molecule has 0 spiro atoms. The standard InChI is InChI=1S/C20H14N6O3/c21-9-14-18(15(10-22)20(28)26-19(14)23)12-4-6-13(7-5-12)29-11-17(27)25-16-3-1-2-8-24-16/h1-8H,11H2,(H3,23,26,28)(H,24,25,27). The summed E-state index contributed by atoms with van der Waals surface area (Å²) < 4.78 is 5.43. The van der Waals surface area contributed by atoms with E-state index in [0.717, 1.165) is 0 Å². The first-order valence-electron chi connectivity index (χ1n) is 8.33. The Hall–Kier alpha value is -4.63. The molecule has 9 nitrogen and oxygen atoms in total. The average Bonchev–Trinajstić information content (AvgIpc) is 2.73. The first kappa shape index (κ1) is 19.1. The van der Waals surface area contributed by atoms with Gasteiger partial charge in [-0.1, -0.05) is 18.2 Å². The summed E-state index contributed by atoms with van der Waals surface area (Å²) in [6.45, 7) is -0.235. The Bertz CT molecular complexity index is 1190. The number of nitrogens with one attached hydrogen (secondary N) is 2. The highest BCUT2D eigenvalue weighted by Crippen LogP contribution is 2.29. The molecule has 2 heterocycles. The van der Waals surface area contributed by atoms with E-state index in [0.29, 0.717) is 17.1 Å². The van der Waals surface area contributed by atoms with Gasteiger partial charge in [0.05, 0.1) is 0 Å². The number of hydrogen-bond acceptors (Lipinski definition) is 7. The van der Waals surface area contributed by atoms with Gasteiger partial charge in [0, 0.05) is 11.8 Å². The number of nitriles is 2. The zero-order valence-corrected chi connectivity index (χ0v) is 15.0. The molecule has 29 heavy (non-hydrogen) atoms. The number of carbonyl (C=O) groups is 1. The lowest BCUT2D eigenvalue weighted by molar-refractivity contribution is -0.118. The summed E-state index contributed by atoms with van der Waals surface area (Å²) in [4.78, 5) is 30.2. The molecule has 0 aliphatic heterocycles. The Morgan fingerprint density at radius 3 is 2.48 bits per heavy atom. The van der Waals surface area contributed by atoms with Crippen LogP contribution >= 0.6 is 0 Å². The predicted octanol–water partition coefficient (Wildman–Crippen LogP) is 1.78. The molecule has 3 rings (SSSR count). The highest BCUT2D eigenvalue weighted by molar-refractivity contribution is 5.90. The maximum absolute atomic E-state index is 12.0. The summed E-state index contributed by atoms with van der Waals surface area (Å²) in [7, 11) is 0. The highest BCUT2D eigenvalue weighted by Gasteiger charge is 2.18. The van der Waals surface area contributed by atoms with E-state index in [1.807, 2.05) is 6.07 Å². The van der Waals surface area contributed by atoms with Crippen LogP contribution in [0.25, 0.3) is 11.1 Å². The highest BCUT2D eigenvalue weighted by atomic mass is 16.5. The molecule has 142 valence electrons. The molecule has 1 aromatic carbocycles. The van der Waals surface area contributed by atoms with Crippen molar-refractivity contribution in [2.45, 2.75) is 0 Å². The molecule has 0 atom stereocenters. The van der Waals surface area contributed by atoms with Crippen molar-refractivity contribution in [2.75, 3.05) is 17.7 Å². The molecule has 0 unspecified atom stereocenters. The van der Waals surface area contributed by atoms with Crippen molar-refractivity contribution in [3.05, 3.63) is 70.1 Å². The summed E-state index contributed by atoms with van der Waals surface area (Å²) in [5.74, 6) is 0.308. The maximum Gasteiger partial charge on any atom is 0.268 e. The van der Waals surface area contributed by atoms with Gasteiger partial charge in [0.15, 0.2) is 6.61 Å². The number of anilines is 2. The zero-order chi connectivity index (χ0) is 20.8. The fourth-order valence-electron chi connectivity index (χ4n) is 2.61. The molecular formula is C20H14N6O3. The fourth-order valence-corrected chi connectivity index (χ4v) is 2.61. The minimum absolute atomic E-state index is 0.00422. The second-order valence-corrected chi connectivity index (χ2v) is 5.79. The topological polar surface area (TPSA) is 158 Å². The smallest absolute Gasteiger partial charge is 0.268 e. The number of pyridine rings is 2. The molecule has 1 amide bonds. The van der Waals surface area contributed by atoms with Gasteiger partial charge in [0.2, 0.25) is 0 Å². The molecule has 4 N–H and O–H groups in total. The van der Waals surface area contributed by atoms with Gasteiger partial charge in [-0.3, -0.25) is 9.59 Å². The largest absolute Gasteiger partial charge is 0.484 e. The van der Waals surface area contributed by atoms with Gasteiger partial charge in [-0.15, -0.1) is 0 Å². The number of nitrogen functional groups attached to an aromatic ring is 1. The lowest BCUT2D eigenvalue weighted by Gasteiger charge is -2.10. The van der Waals surface area contributed by atoms with Gasteiger partial charge in [0.25, 0.3) is 11.5 Å². The number of hydrogen-bond donors (Lipinski definition) is 3. The molecule has 9 heteroatoms. The van der Waals surface area contributed by atoms with Gasteiger partial charge in [-0.2, -0.15) is 10.5 Å². The Kier molecular flexibility index (Phi) is 5.53. The van der Waals surface area contributed by atoms with Crippen LogP contribution in [-0.4, -0.2) is 22.5 Å². The van der Waals surface area contributed by atoms with Crippen LogP contribution in [0.3, 0.4) is 0 Å². The van der Waals surface area contributed by atoms with E-state index in [4.69, 9.17) is 10.5 Å². The van der Waals surface area contributed by atoms with Crippen LogP contribution in [0.4, 0.5) is 11.6 Å². The van der Waals surface area contributed by atoms with E-state index in [1.165, 1.54) is 0 Å². The minimum Gasteiger partial charge on any atom is -0.484 e. The number of aromatic amines is 1. The van der Waals surface area contributed by atoms with E-state index in [-0.39, 0.29) is 35.0 Å². The van der Waals surface area contributed by atoms with Crippen molar-refractivity contribution >= 4 is 17.5 Å². The third-order valence-corrected chi connectivity index (χ3v) is 3.91. The number of benzene rings is 1. The number of ether oxygens (including phenoxy) is 1. The summed E-state index contributed by atoms with van der Waals surface area (Å²) in [6.07, 6.45) is 1.56. The van der Waals surface area contributed by atoms with Gasteiger partial charge in [-0.25, -0.2) is 4.98 Å². The van der Waals surface area contributed by atoms with Crippen molar-refractivity contribution in [3.63, 3.8) is 0 Å². The molecular weight excluding hydrogens is 372 g/mol. The SMILES string of the molecule is N#Cc1c(N)[nH]c(=O)c(C#N)c1-c1ccc(OCC(=O)Nc2ccccn2)cc1. The van der Waals surface area contributed by atoms with Crippen molar-refractivity contribution < 1.29 is 9.53 Å². The first-order valence-corrected chi connectivity index (χ1v) is 8.33. The third-order valence-electron chi connectivity index (χ3n) is 3.91. The van der Waals surface area contributed by atoms with Crippen LogP contribution < -0.4 is 21.3 Å². The second-order valence-electron chi connectivity index (χ2n) is 5.79. The Morgan fingerprint density at radius 2 is 1.86 bits per heavy atom. The van der Waals surface area contributed by atoms with Crippen LogP contribution in [0.15, 0.2) is 53.5 Å². The van der Waals surface area contributed by atoms with E-state index >= 15 is 0 Å². The van der Waals surface area contributed by atoms with Crippen molar-refractivity contribution in [3.8, 4) is 29.0 Å². The second kappa shape index (κ2) is 8.37. The number of nitrogens with two attached hydrogens (primary N) is 1. The Balaban J connectivity index is 1.78. The fraction of sp³-hybridized carbons (Fsp3) is 0.0500. The van der Waals surface area contributed by atoms with E-state index in [1.54, 1.807) is 54.7 Å². The molecule has 2 aromatic heterocycles. The van der Waals surface area contributed by atoms with Gasteiger partial charge in [0.1, 0.15) is 40.7 Å². The molecule has 0 saturated heterocycles. The summed E-state index contributed by atoms with van der Waals surface area (Å²) in [5.41, 5.74) is 5.42. The van der Waals surface area contributed by atoms with E-state index in [2.05, 4.69) is 15.3 Å². The zero-order valence-electron chi connectivity index (χ0n) is 15.0. The minimum atomic E-state index is -0.675. The normalized spacial score (nSPS) is 9.86. The van der Waals surface area contributed by atoms with Crippen LogP contribution in [0.5, 0.6) is 5.75 Å². The number of nitrogens with zero attached hydrogens (tertiary/aromatic N) is 3. The molecule has 0 aliphatic rings. The molecule has 0 fully saturated rings. The lowest BCUT2D eigenvalue weighted by Crippen LogP contribution is -2.20. The van der Waals surface area contributed by atoms with E-state index in [9.17, 15) is 20.1 Å². The number of amides is 1. The number of carbonyl (C=O) groups excluding carboxylic acids is 1. The quantitative estimate of drug-likeness (QED) is 0.603. The maximum atomic E-state index is 12.0. The summed E-state index contributed by atoms with van der Waals surface area (Å²) >= 11 is 0. The molecule has 0 bridgehead atoms. The van der Waals surface area contributed by atoms with Crippen LogP contribution in [0.1, 0.15) is 11.1 Å². The third kappa shape index (κ3) is 4.21. The average molecular weight is 386 g/mol. The van der Waals surface area contributed by atoms with Gasteiger partial charge in [-0.05, 0) is 29.8 Å². The van der Waals surface area contributed by atoms with Crippen molar-refractivity contribution in [2.24, 2.45) is 0 Å². The monoisotopic (exact) mass is 386 g/mol. The number of H-pyrrole nitrogens is 1. The number of aromatic nitrogens is 2. The number of rotatable bonds is 5. The molecule has 0 saturated carbocycles. The molecule has 0 radical (unpaired) electrons. The predicted molar refractivity (Wildman–Crippen MR) is 105 cm³/mol. The van der Waals surface area contributed by atoms with Gasteiger partial charge >= 0.3 is 0 Å². The molecule has 3 aromatic rings. The van der Waals surface area contributed by atoms with Gasteiger partial charge < -0.3 is 20.8 Å². The van der Waals surface area contributed by atoms with Crippen LogP contribution in [0.2, 0.25) is 0 Å². The Morgan fingerprint density at radius 1 is 1.14 bits per heavy atom. The van der Waals surface area contributed by atoms with Crippen LogP contribution in [0, 0.1) is 22.7 Å². The first-order chi connectivity index (χ1) is 14.0. The van der Waals surface area contributed by atoms with Crippen molar-refractivity contribution in [1.29, 1.82) is 10.5 Å². The summed E-state index contributed by atoms with van der Waals surface area (Å²) in [6, 6.07) is 15.1. The van der Waals surface area contributed by atoms with Crippen LogP contribution in [-0.2, 0) is 4.79 Å². The molecule has 0 aliphatic carbocycles. The summed E-state index contributed by atoms with van der Waals surface area (Å²) in [5, 5.41) is 21.2. The lowest BCUT2D eigenvalue weighted by atomic mass is 9.97. The van der Waals surface area contributed by atoms with E-state index < -0.39 is 5.56 Å².